The lowest BCUT2D eigenvalue weighted by molar-refractivity contribution is 0.231. The van der Waals surface area contributed by atoms with Crippen molar-refractivity contribution in [2.45, 2.75) is 33.4 Å². The van der Waals surface area contributed by atoms with E-state index in [1.165, 1.54) is 0 Å². The van der Waals surface area contributed by atoms with E-state index in [1.807, 2.05) is 39.0 Å². The minimum atomic E-state index is 0.188. The van der Waals surface area contributed by atoms with Gasteiger partial charge < -0.3 is 15.2 Å². The molecule has 96 valence electrons. The van der Waals surface area contributed by atoms with Crippen LogP contribution < -0.4 is 10.1 Å². The molecule has 0 heterocycles. The zero-order valence-corrected chi connectivity index (χ0v) is 10.9. The van der Waals surface area contributed by atoms with Gasteiger partial charge in [-0.05, 0) is 25.8 Å². The molecule has 0 aromatic heterocycles. The van der Waals surface area contributed by atoms with E-state index in [0.717, 1.165) is 24.4 Å². The maximum Gasteiger partial charge on any atom is 0.124 e. The van der Waals surface area contributed by atoms with Gasteiger partial charge in [0.05, 0.1) is 6.10 Å². The van der Waals surface area contributed by atoms with Crippen molar-refractivity contribution in [1.82, 2.24) is 5.32 Å². The molecule has 0 bridgehead atoms. The SMILES string of the molecule is CC(CO)CNCc1ccccc1OC(C)C. The van der Waals surface area contributed by atoms with Gasteiger partial charge in [0.1, 0.15) is 5.75 Å². The molecule has 0 aliphatic carbocycles. The van der Waals surface area contributed by atoms with Gasteiger partial charge in [-0.15, -0.1) is 0 Å². The van der Waals surface area contributed by atoms with Gasteiger partial charge in [0.25, 0.3) is 0 Å². The molecule has 0 amide bonds. The second kappa shape index (κ2) is 7.30. The predicted octanol–water partition coefficient (Wildman–Crippen LogP) is 2.19. The molecule has 1 unspecified atom stereocenters. The van der Waals surface area contributed by atoms with E-state index in [4.69, 9.17) is 9.84 Å². The van der Waals surface area contributed by atoms with Crippen LogP contribution in [-0.2, 0) is 6.54 Å². The first kappa shape index (κ1) is 14.0. The molecule has 0 fully saturated rings. The fraction of sp³-hybridized carbons (Fsp3) is 0.571. The van der Waals surface area contributed by atoms with Crippen molar-refractivity contribution in [2.75, 3.05) is 13.2 Å². The Bertz CT molecular complexity index is 326. The van der Waals surface area contributed by atoms with Crippen LogP contribution in [0.15, 0.2) is 24.3 Å². The highest BCUT2D eigenvalue weighted by molar-refractivity contribution is 5.33. The van der Waals surface area contributed by atoms with E-state index < -0.39 is 0 Å². The molecule has 2 N–H and O–H groups in total. The maximum absolute atomic E-state index is 8.94. The second-order valence-electron chi connectivity index (χ2n) is 4.69. The fourth-order valence-electron chi connectivity index (χ4n) is 1.54. The van der Waals surface area contributed by atoms with Crippen LogP contribution >= 0.6 is 0 Å². The quantitative estimate of drug-likeness (QED) is 0.764. The highest BCUT2D eigenvalue weighted by atomic mass is 16.5. The normalized spacial score (nSPS) is 12.8. The van der Waals surface area contributed by atoms with Gasteiger partial charge in [-0.2, -0.15) is 0 Å². The largest absolute Gasteiger partial charge is 0.491 e. The van der Waals surface area contributed by atoms with Crippen LogP contribution in [0.4, 0.5) is 0 Å². The molecule has 17 heavy (non-hydrogen) atoms. The minimum absolute atomic E-state index is 0.188. The van der Waals surface area contributed by atoms with Crippen molar-refractivity contribution in [3.8, 4) is 5.75 Å². The van der Waals surface area contributed by atoms with E-state index in [9.17, 15) is 0 Å². The monoisotopic (exact) mass is 237 g/mol. The van der Waals surface area contributed by atoms with Gasteiger partial charge in [0.2, 0.25) is 0 Å². The Morgan fingerprint density at radius 2 is 1.94 bits per heavy atom. The van der Waals surface area contributed by atoms with Crippen molar-refractivity contribution in [3.05, 3.63) is 29.8 Å². The average molecular weight is 237 g/mol. The number of para-hydroxylation sites is 1. The van der Waals surface area contributed by atoms with Crippen molar-refractivity contribution < 1.29 is 9.84 Å². The molecule has 0 spiro atoms. The highest BCUT2D eigenvalue weighted by Crippen LogP contribution is 2.19. The fourth-order valence-corrected chi connectivity index (χ4v) is 1.54. The Kier molecular flexibility index (Phi) is 6.01. The summed E-state index contributed by atoms with van der Waals surface area (Å²) in [4.78, 5) is 0. The van der Waals surface area contributed by atoms with Gasteiger partial charge >= 0.3 is 0 Å². The standard InChI is InChI=1S/C14H23NO2/c1-11(2)17-14-7-5-4-6-13(14)9-15-8-12(3)10-16/h4-7,11-12,15-16H,8-10H2,1-3H3. The molecule has 1 aromatic rings. The molecule has 0 radical (unpaired) electrons. The highest BCUT2D eigenvalue weighted by Gasteiger charge is 2.05. The summed E-state index contributed by atoms with van der Waals surface area (Å²) in [5.74, 6) is 1.22. The maximum atomic E-state index is 8.94. The van der Waals surface area contributed by atoms with Crippen molar-refractivity contribution >= 4 is 0 Å². The van der Waals surface area contributed by atoms with Gasteiger partial charge in [0, 0.05) is 25.3 Å². The molecule has 0 saturated carbocycles. The lowest BCUT2D eigenvalue weighted by atomic mass is 10.1. The number of hydrogen-bond donors (Lipinski definition) is 2. The van der Waals surface area contributed by atoms with E-state index in [0.29, 0.717) is 0 Å². The Morgan fingerprint density at radius 3 is 2.59 bits per heavy atom. The van der Waals surface area contributed by atoms with Crippen LogP contribution in [0.1, 0.15) is 26.3 Å². The third-order valence-corrected chi connectivity index (χ3v) is 2.46. The van der Waals surface area contributed by atoms with E-state index in [2.05, 4.69) is 11.4 Å². The summed E-state index contributed by atoms with van der Waals surface area (Å²) in [6.45, 7) is 7.87. The third-order valence-electron chi connectivity index (χ3n) is 2.46. The predicted molar refractivity (Wildman–Crippen MR) is 70.2 cm³/mol. The Morgan fingerprint density at radius 1 is 1.24 bits per heavy atom. The van der Waals surface area contributed by atoms with Crippen molar-refractivity contribution in [1.29, 1.82) is 0 Å². The Labute approximate surface area is 104 Å². The van der Waals surface area contributed by atoms with Crippen molar-refractivity contribution in [3.63, 3.8) is 0 Å². The molecular weight excluding hydrogens is 214 g/mol. The third kappa shape index (κ3) is 5.20. The van der Waals surface area contributed by atoms with E-state index in [-0.39, 0.29) is 18.6 Å². The molecule has 1 rings (SSSR count). The summed E-state index contributed by atoms with van der Waals surface area (Å²) in [6.07, 6.45) is 0.188. The van der Waals surface area contributed by atoms with Gasteiger partial charge in [0.15, 0.2) is 0 Å². The number of hydrogen-bond acceptors (Lipinski definition) is 3. The molecule has 3 nitrogen and oxygen atoms in total. The van der Waals surface area contributed by atoms with Crippen LogP contribution in [0, 0.1) is 5.92 Å². The molecular formula is C14H23NO2. The number of ether oxygens (including phenoxy) is 1. The topological polar surface area (TPSA) is 41.5 Å². The number of benzene rings is 1. The van der Waals surface area contributed by atoms with Gasteiger partial charge in [-0.1, -0.05) is 25.1 Å². The summed E-state index contributed by atoms with van der Waals surface area (Å²) >= 11 is 0. The molecule has 3 heteroatoms. The van der Waals surface area contributed by atoms with Crippen LogP contribution in [0.5, 0.6) is 5.75 Å². The van der Waals surface area contributed by atoms with E-state index in [1.54, 1.807) is 0 Å². The van der Waals surface area contributed by atoms with Crippen molar-refractivity contribution in [2.24, 2.45) is 5.92 Å². The van der Waals surface area contributed by atoms with E-state index >= 15 is 0 Å². The second-order valence-corrected chi connectivity index (χ2v) is 4.69. The first-order valence-electron chi connectivity index (χ1n) is 6.19. The number of rotatable bonds is 7. The van der Waals surface area contributed by atoms with Crippen LogP contribution in [0.2, 0.25) is 0 Å². The molecule has 1 aromatic carbocycles. The smallest absolute Gasteiger partial charge is 0.124 e. The summed E-state index contributed by atoms with van der Waals surface area (Å²) < 4.78 is 5.74. The lowest BCUT2D eigenvalue weighted by Crippen LogP contribution is -2.23. The average Bonchev–Trinajstić information content (AvgIpc) is 2.30. The van der Waals surface area contributed by atoms with Gasteiger partial charge in [-0.25, -0.2) is 0 Å². The first-order chi connectivity index (χ1) is 8.13. The Hall–Kier alpha value is -1.06. The summed E-state index contributed by atoms with van der Waals surface area (Å²) in [7, 11) is 0. The molecule has 0 aliphatic heterocycles. The van der Waals surface area contributed by atoms with Crippen LogP contribution in [-0.4, -0.2) is 24.4 Å². The van der Waals surface area contributed by atoms with Gasteiger partial charge in [-0.3, -0.25) is 0 Å². The summed E-state index contributed by atoms with van der Waals surface area (Å²) in [5, 5.41) is 12.3. The zero-order chi connectivity index (χ0) is 12.7. The van der Waals surface area contributed by atoms with Crippen LogP contribution in [0.25, 0.3) is 0 Å². The molecule has 0 saturated heterocycles. The van der Waals surface area contributed by atoms with Crippen LogP contribution in [0.3, 0.4) is 0 Å². The number of aliphatic hydroxyl groups excluding tert-OH is 1. The molecule has 1 atom stereocenters. The summed E-state index contributed by atoms with van der Waals surface area (Å²) in [5.41, 5.74) is 1.16. The minimum Gasteiger partial charge on any atom is -0.491 e. The first-order valence-corrected chi connectivity index (χ1v) is 6.19. The molecule has 0 aliphatic rings. The zero-order valence-electron chi connectivity index (χ0n) is 10.9. The number of aliphatic hydroxyl groups is 1. The lowest BCUT2D eigenvalue weighted by Gasteiger charge is -2.15. The Balaban J connectivity index is 2.51. The summed E-state index contributed by atoms with van der Waals surface area (Å²) in [6, 6.07) is 8.05. The number of nitrogens with one attached hydrogen (secondary N) is 1.